The molecule has 0 saturated carbocycles. The van der Waals surface area contributed by atoms with Gasteiger partial charge in [-0.25, -0.2) is 0 Å². The lowest BCUT2D eigenvalue weighted by Gasteiger charge is -2.10. The van der Waals surface area contributed by atoms with E-state index in [1.165, 1.54) is 15.4 Å². The largest absolute Gasteiger partial charge is 0.497 e. The number of nitrogens with one attached hydrogen (secondary N) is 1. The smallest absolute Gasteiger partial charge is 0.118 e. The van der Waals surface area contributed by atoms with Crippen LogP contribution in [-0.4, -0.2) is 14.2 Å². The molecule has 0 spiro atoms. The van der Waals surface area contributed by atoms with Crippen molar-refractivity contribution in [2.45, 2.75) is 16.3 Å². The molecule has 0 unspecified atom stereocenters. The molecule has 0 heterocycles. The lowest BCUT2D eigenvalue weighted by Crippen LogP contribution is -2.06. The second-order valence-electron chi connectivity index (χ2n) is 4.06. The molecule has 2 aromatic rings. The molecule has 100 valence electrons. The summed E-state index contributed by atoms with van der Waals surface area (Å²) < 4.78 is 5.16. The molecule has 0 fully saturated rings. The van der Waals surface area contributed by atoms with E-state index in [1.54, 1.807) is 18.9 Å². The van der Waals surface area contributed by atoms with Crippen LogP contribution in [0.4, 0.5) is 0 Å². The van der Waals surface area contributed by atoms with Crippen molar-refractivity contribution < 1.29 is 4.74 Å². The second kappa shape index (κ2) is 6.85. The molecule has 2 rings (SSSR count). The minimum atomic E-state index is 0.768. The molecule has 0 bridgehead atoms. The van der Waals surface area contributed by atoms with E-state index in [4.69, 9.17) is 16.3 Å². The van der Waals surface area contributed by atoms with Gasteiger partial charge in [0.1, 0.15) is 5.75 Å². The number of hydrogen-bond acceptors (Lipinski definition) is 3. The van der Waals surface area contributed by atoms with Crippen molar-refractivity contribution in [2.24, 2.45) is 0 Å². The maximum absolute atomic E-state index is 6.04. The number of methoxy groups -OCH3 is 1. The molecule has 2 nitrogen and oxygen atoms in total. The van der Waals surface area contributed by atoms with E-state index >= 15 is 0 Å². The highest BCUT2D eigenvalue weighted by Gasteiger charge is 2.05. The number of benzene rings is 2. The second-order valence-corrected chi connectivity index (χ2v) is 5.61. The van der Waals surface area contributed by atoms with Crippen molar-refractivity contribution in [1.82, 2.24) is 5.32 Å². The van der Waals surface area contributed by atoms with Crippen molar-refractivity contribution in [3.63, 3.8) is 0 Å². The summed E-state index contributed by atoms with van der Waals surface area (Å²) in [5, 5.41) is 3.93. The van der Waals surface area contributed by atoms with Crippen LogP contribution in [0.1, 0.15) is 5.56 Å². The first-order valence-electron chi connectivity index (χ1n) is 5.98. The van der Waals surface area contributed by atoms with Crippen LogP contribution in [0.25, 0.3) is 0 Å². The molecule has 0 aliphatic rings. The van der Waals surface area contributed by atoms with Crippen molar-refractivity contribution in [3.8, 4) is 5.75 Å². The Morgan fingerprint density at radius 3 is 2.53 bits per heavy atom. The molecule has 0 radical (unpaired) electrons. The average molecular weight is 294 g/mol. The molecule has 0 amide bonds. The van der Waals surface area contributed by atoms with Gasteiger partial charge in [-0.2, -0.15) is 0 Å². The summed E-state index contributed by atoms with van der Waals surface area (Å²) in [6.07, 6.45) is 0. The zero-order chi connectivity index (χ0) is 13.7. The fourth-order valence-corrected chi connectivity index (χ4v) is 2.87. The molecular weight excluding hydrogens is 278 g/mol. The number of ether oxygens (including phenoxy) is 1. The van der Waals surface area contributed by atoms with Crippen molar-refractivity contribution in [2.75, 3.05) is 14.2 Å². The lowest BCUT2D eigenvalue weighted by molar-refractivity contribution is 0.414. The quantitative estimate of drug-likeness (QED) is 0.892. The SMILES string of the molecule is CNCc1cc(Cl)ccc1Sc1ccc(OC)cc1. The Hall–Kier alpha value is -1.16. The summed E-state index contributed by atoms with van der Waals surface area (Å²) in [6.45, 7) is 0.805. The van der Waals surface area contributed by atoms with Gasteiger partial charge < -0.3 is 10.1 Å². The van der Waals surface area contributed by atoms with Crippen LogP contribution < -0.4 is 10.1 Å². The predicted octanol–water partition coefficient (Wildman–Crippen LogP) is 4.22. The normalized spacial score (nSPS) is 10.5. The highest BCUT2D eigenvalue weighted by molar-refractivity contribution is 7.99. The molecule has 0 saturated heterocycles. The fraction of sp³-hybridized carbons (Fsp3) is 0.200. The van der Waals surface area contributed by atoms with Gasteiger partial charge >= 0.3 is 0 Å². The number of rotatable bonds is 5. The first kappa shape index (κ1) is 14.3. The fourth-order valence-electron chi connectivity index (χ4n) is 1.75. The van der Waals surface area contributed by atoms with Crippen molar-refractivity contribution >= 4 is 23.4 Å². The topological polar surface area (TPSA) is 21.3 Å². The van der Waals surface area contributed by atoms with Crippen LogP contribution in [0.3, 0.4) is 0 Å². The zero-order valence-corrected chi connectivity index (χ0v) is 12.5. The third-order valence-electron chi connectivity index (χ3n) is 2.68. The Labute approximate surface area is 123 Å². The van der Waals surface area contributed by atoms with E-state index in [2.05, 4.69) is 23.5 Å². The molecule has 0 atom stereocenters. The Morgan fingerprint density at radius 1 is 1.16 bits per heavy atom. The molecule has 2 aromatic carbocycles. The molecule has 0 aliphatic carbocycles. The minimum Gasteiger partial charge on any atom is -0.497 e. The van der Waals surface area contributed by atoms with Gasteiger partial charge in [0.2, 0.25) is 0 Å². The van der Waals surface area contributed by atoms with Gasteiger partial charge in [0.15, 0.2) is 0 Å². The highest BCUT2D eigenvalue weighted by Crippen LogP contribution is 2.32. The van der Waals surface area contributed by atoms with Crippen molar-refractivity contribution in [1.29, 1.82) is 0 Å². The third-order valence-corrected chi connectivity index (χ3v) is 4.04. The standard InChI is InChI=1S/C15H16ClNOS/c1-17-10-11-9-12(16)3-8-15(11)19-14-6-4-13(18-2)5-7-14/h3-9,17H,10H2,1-2H3. The maximum Gasteiger partial charge on any atom is 0.118 e. The summed E-state index contributed by atoms with van der Waals surface area (Å²) >= 11 is 7.77. The summed E-state index contributed by atoms with van der Waals surface area (Å²) in [6, 6.07) is 14.0. The summed E-state index contributed by atoms with van der Waals surface area (Å²) in [7, 11) is 3.61. The predicted molar refractivity (Wildman–Crippen MR) is 81.3 cm³/mol. The van der Waals surface area contributed by atoms with Crippen LogP contribution in [0.15, 0.2) is 52.3 Å². The maximum atomic E-state index is 6.04. The van der Waals surface area contributed by atoms with Gasteiger partial charge in [0.25, 0.3) is 0 Å². The van der Waals surface area contributed by atoms with Gasteiger partial charge in [0, 0.05) is 21.4 Å². The van der Waals surface area contributed by atoms with E-state index in [0.29, 0.717) is 0 Å². The first-order chi connectivity index (χ1) is 9.22. The van der Waals surface area contributed by atoms with Gasteiger partial charge in [-0.15, -0.1) is 0 Å². The van der Waals surface area contributed by atoms with E-state index in [0.717, 1.165) is 17.3 Å². The summed E-state index contributed by atoms with van der Waals surface area (Å²) in [5.74, 6) is 0.871. The highest BCUT2D eigenvalue weighted by atomic mass is 35.5. The third kappa shape index (κ3) is 3.90. The average Bonchev–Trinajstić information content (AvgIpc) is 2.43. The molecule has 19 heavy (non-hydrogen) atoms. The van der Waals surface area contributed by atoms with E-state index in [-0.39, 0.29) is 0 Å². The van der Waals surface area contributed by atoms with E-state index in [1.807, 2.05) is 31.3 Å². The van der Waals surface area contributed by atoms with Crippen LogP contribution >= 0.6 is 23.4 Å². The monoisotopic (exact) mass is 293 g/mol. The number of hydrogen-bond donors (Lipinski definition) is 1. The van der Waals surface area contributed by atoms with Crippen LogP contribution in [0.2, 0.25) is 5.02 Å². The summed E-state index contributed by atoms with van der Waals surface area (Å²) in [5.41, 5.74) is 1.20. The van der Waals surface area contributed by atoms with Gasteiger partial charge in [-0.1, -0.05) is 23.4 Å². The molecule has 0 aromatic heterocycles. The van der Waals surface area contributed by atoms with E-state index < -0.39 is 0 Å². The zero-order valence-electron chi connectivity index (χ0n) is 10.9. The Balaban J connectivity index is 2.21. The molecule has 1 N–H and O–H groups in total. The lowest BCUT2D eigenvalue weighted by atomic mass is 10.2. The molecular formula is C15H16ClNOS. The molecule has 4 heteroatoms. The van der Waals surface area contributed by atoms with Gasteiger partial charge in [0.05, 0.1) is 7.11 Å². The van der Waals surface area contributed by atoms with Crippen LogP contribution in [-0.2, 0) is 6.54 Å². The Bertz CT molecular complexity index is 542. The molecule has 0 aliphatic heterocycles. The van der Waals surface area contributed by atoms with Crippen molar-refractivity contribution in [3.05, 3.63) is 53.1 Å². The first-order valence-corrected chi connectivity index (χ1v) is 7.17. The van der Waals surface area contributed by atoms with Gasteiger partial charge in [-0.3, -0.25) is 0 Å². The van der Waals surface area contributed by atoms with Crippen LogP contribution in [0, 0.1) is 0 Å². The number of halogens is 1. The van der Waals surface area contributed by atoms with Gasteiger partial charge in [-0.05, 0) is 55.1 Å². The van der Waals surface area contributed by atoms with Crippen LogP contribution in [0.5, 0.6) is 5.75 Å². The van der Waals surface area contributed by atoms with E-state index in [9.17, 15) is 0 Å². The minimum absolute atomic E-state index is 0.768. The Kier molecular flexibility index (Phi) is 5.14. The summed E-state index contributed by atoms with van der Waals surface area (Å²) in [4.78, 5) is 2.39. The Morgan fingerprint density at radius 2 is 1.89 bits per heavy atom.